The van der Waals surface area contributed by atoms with Gasteiger partial charge in [-0.2, -0.15) is 5.10 Å². The van der Waals surface area contributed by atoms with Crippen LogP contribution in [0.15, 0.2) is 48.0 Å². The van der Waals surface area contributed by atoms with E-state index in [0.717, 1.165) is 49.8 Å². The van der Waals surface area contributed by atoms with Gasteiger partial charge in [-0.15, -0.1) is 0 Å². The first-order chi connectivity index (χ1) is 28.4. The molecule has 16 heteroatoms. The molecule has 3 fully saturated rings. The monoisotopic (exact) mass is 793 g/mol. The average molecular weight is 794 g/mol. The van der Waals surface area contributed by atoms with E-state index < -0.39 is 6.09 Å². The summed E-state index contributed by atoms with van der Waals surface area (Å²) in [5.74, 6) is 3.68. The number of carbonyl (C=O) groups excluding carboxylic acids is 3. The van der Waals surface area contributed by atoms with Crippen LogP contribution in [0.2, 0.25) is 0 Å². The second-order valence-corrected chi connectivity index (χ2v) is 15.4. The molecule has 2 N–H and O–H groups in total. The lowest BCUT2D eigenvalue weighted by atomic mass is 9.73. The highest BCUT2D eigenvalue weighted by Gasteiger charge is 2.44. The van der Waals surface area contributed by atoms with E-state index in [0.29, 0.717) is 89.5 Å². The number of aromatic nitrogens is 3. The number of hydrogen-bond donors (Lipinski definition) is 2. The number of rotatable bonds is 12. The fourth-order valence-corrected chi connectivity index (χ4v) is 8.59. The molecule has 0 spiro atoms. The Kier molecular flexibility index (Phi) is 10.4. The van der Waals surface area contributed by atoms with E-state index in [1.807, 2.05) is 30.3 Å². The third-order valence-electron chi connectivity index (χ3n) is 11.9. The maximum absolute atomic E-state index is 13.9. The van der Waals surface area contributed by atoms with Gasteiger partial charge in [0, 0.05) is 49.7 Å². The standard InChI is InChI=1S/C42H47N7O9/c1-53-29-10-9-25(19-32(29)54-2)36-27-5-3-4-6-28(27)41(51)49(47-36)26-14-17-48(18-15-26)34(50)13-16-43-42(52)58-33-20-44-39-37(33)45-22-46-38(39)35-30(55-21-24-7-8-24)11-12-31-40(35)57-23-56-31/h9-12,19-20,22,24,26-28,44H,3-8,13-18,21,23H2,1-2H3,(H,43,52)/t27-,28+/m0/s1. The van der Waals surface area contributed by atoms with Crippen LogP contribution in [0.5, 0.6) is 34.5 Å². The number of amides is 3. The number of hydrogen-bond acceptors (Lipinski definition) is 12. The Bertz CT molecular complexity index is 2250. The van der Waals surface area contributed by atoms with Gasteiger partial charge in [0.25, 0.3) is 0 Å². The number of nitrogens with zero attached hydrogens (tertiary/aromatic N) is 5. The highest BCUT2D eigenvalue weighted by Crippen LogP contribution is 2.49. The Morgan fingerprint density at radius 3 is 2.50 bits per heavy atom. The van der Waals surface area contributed by atoms with Crippen LogP contribution in [0.4, 0.5) is 4.79 Å². The first-order valence-corrected chi connectivity index (χ1v) is 20.2. The molecule has 5 aliphatic rings. The molecule has 2 atom stereocenters. The molecule has 16 nitrogen and oxygen atoms in total. The molecule has 0 unspecified atom stereocenters. The van der Waals surface area contributed by atoms with Crippen molar-refractivity contribution in [2.24, 2.45) is 22.9 Å². The van der Waals surface area contributed by atoms with Crippen LogP contribution >= 0.6 is 0 Å². The summed E-state index contributed by atoms with van der Waals surface area (Å²) >= 11 is 0. The number of ether oxygens (including phenoxy) is 6. The molecular weight excluding hydrogens is 747 g/mol. The number of benzene rings is 2. The first-order valence-electron chi connectivity index (χ1n) is 20.2. The van der Waals surface area contributed by atoms with Crippen LogP contribution in [-0.4, -0.2) is 102 Å². The fraction of sp³-hybridized carbons (Fsp3) is 0.476. The molecule has 1 saturated heterocycles. The summed E-state index contributed by atoms with van der Waals surface area (Å²) in [7, 11) is 3.22. The Morgan fingerprint density at radius 1 is 0.914 bits per heavy atom. The number of carbonyl (C=O) groups is 3. The van der Waals surface area contributed by atoms with E-state index in [9.17, 15) is 14.4 Å². The SMILES string of the molecule is COc1ccc(C2=NN(C3CCN(C(=O)CCNC(=O)Oc4c[nH]c5c(-c6c(OCC7CC7)ccc7c6OCO7)ncnc45)CC3)C(=O)[C@@H]3CCCC[C@H]23)cc1OC. The summed E-state index contributed by atoms with van der Waals surface area (Å²) in [5, 5.41) is 9.42. The molecule has 0 radical (unpaired) electrons. The number of piperidine rings is 1. The second-order valence-electron chi connectivity index (χ2n) is 15.4. The number of nitrogens with one attached hydrogen (secondary N) is 2. The molecule has 2 aromatic carbocycles. The summed E-state index contributed by atoms with van der Waals surface area (Å²) in [6, 6.07) is 9.36. The van der Waals surface area contributed by atoms with Gasteiger partial charge < -0.3 is 43.6 Å². The number of methoxy groups -OCH3 is 2. The predicted molar refractivity (Wildman–Crippen MR) is 210 cm³/mol. The van der Waals surface area contributed by atoms with Gasteiger partial charge in [-0.1, -0.05) is 12.8 Å². The van der Waals surface area contributed by atoms with Gasteiger partial charge in [-0.25, -0.2) is 19.8 Å². The van der Waals surface area contributed by atoms with Crippen molar-refractivity contribution in [2.75, 3.05) is 47.3 Å². The van der Waals surface area contributed by atoms with Gasteiger partial charge in [-0.05, 0) is 74.8 Å². The number of hydrazone groups is 1. The summed E-state index contributed by atoms with van der Waals surface area (Å²) in [4.78, 5) is 54.0. The Labute approximate surface area is 335 Å². The zero-order valence-corrected chi connectivity index (χ0v) is 32.7. The average Bonchev–Trinajstić information content (AvgIpc) is 3.81. The van der Waals surface area contributed by atoms with E-state index >= 15 is 0 Å². The lowest BCUT2D eigenvalue weighted by Gasteiger charge is -2.43. The van der Waals surface area contributed by atoms with Crippen molar-refractivity contribution >= 4 is 34.7 Å². The van der Waals surface area contributed by atoms with Crippen LogP contribution in [0, 0.1) is 17.8 Å². The van der Waals surface area contributed by atoms with Crippen molar-refractivity contribution in [1.29, 1.82) is 0 Å². The molecule has 2 aliphatic carbocycles. The zero-order valence-electron chi connectivity index (χ0n) is 32.7. The normalized spacial score (nSPS) is 20.4. The fourth-order valence-electron chi connectivity index (χ4n) is 8.59. The molecule has 4 aromatic rings. The van der Waals surface area contributed by atoms with Gasteiger partial charge in [0.15, 0.2) is 28.7 Å². The van der Waals surface area contributed by atoms with Crippen molar-refractivity contribution in [2.45, 2.75) is 63.8 Å². The van der Waals surface area contributed by atoms with Gasteiger partial charge in [0.05, 0.1) is 43.7 Å². The summed E-state index contributed by atoms with van der Waals surface area (Å²) in [5.41, 5.74) is 3.94. The molecule has 3 amide bonds. The number of fused-ring (bicyclic) bond motifs is 3. The lowest BCUT2D eigenvalue weighted by molar-refractivity contribution is -0.143. The minimum absolute atomic E-state index is 0.0586. The second kappa shape index (κ2) is 16.1. The van der Waals surface area contributed by atoms with Crippen molar-refractivity contribution < 1.29 is 42.8 Å². The summed E-state index contributed by atoms with van der Waals surface area (Å²) in [6.07, 6.45) is 9.67. The summed E-state index contributed by atoms with van der Waals surface area (Å²) in [6.45, 7) is 1.74. The molecule has 5 heterocycles. The van der Waals surface area contributed by atoms with E-state index in [4.69, 9.17) is 33.5 Å². The number of aromatic amines is 1. The maximum atomic E-state index is 13.9. The van der Waals surface area contributed by atoms with E-state index in [1.54, 1.807) is 30.3 Å². The lowest BCUT2D eigenvalue weighted by Crippen LogP contribution is -2.53. The predicted octanol–water partition coefficient (Wildman–Crippen LogP) is 5.68. The maximum Gasteiger partial charge on any atom is 0.412 e. The zero-order chi connectivity index (χ0) is 39.8. The van der Waals surface area contributed by atoms with Crippen LogP contribution in [0.1, 0.15) is 63.4 Å². The van der Waals surface area contributed by atoms with Crippen molar-refractivity contribution in [3.63, 3.8) is 0 Å². The van der Waals surface area contributed by atoms with E-state index in [2.05, 4.69) is 20.3 Å². The first kappa shape index (κ1) is 37.5. The van der Waals surface area contributed by atoms with Gasteiger partial charge >= 0.3 is 6.09 Å². The van der Waals surface area contributed by atoms with Crippen molar-refractivity contribution in [3.05, 3.63) is 48.4 Å². The highest BCUT2D eigenvalue weighted by atomic mass is 16.7. The minimum atomic E-state index is -0.717. The Hall–Kier alpha value is -6.06. The molecule has 3 aliphatic heterocycles. The molecule has 2 saturated carbocycles. The molecular formula is C42H47N7O9. The molecule has 304 valence electrons. The van der Waals surface area contributed by atoms with Crippen LogP contribution in [0.3, 0.4) is 0 Å². The van der Waals surface area contributed by atoms with Crippen molar-refractivity contribution in [3.8, 4) is 45.8 Å². The molecule has 9 rings (SSSR count). The minimum Gasteiger partial charge on any atom is -0.493 e. The highest BCUT2D eigenvalue weighted by molar-refractivity contribution is 6.07. The van der Waals surface area contributed by atoms with Gasteiger partial charge in [0.2, 0.25) is 18.6 Å². The molecule has 0 bridgehead atoms. The summed E-state index contributed by atoms with van der Waals surface area (Å²) < 4.78 is 34.3. The molecule has 2 aromatic heterocycles. The van der Waals surface area contributed by atoms with Gasteiger partial charge in [0.1, 0.15) is 23.3 Å². The van der Waals surface area contributed by atoms with Crippen LogP contribution in [0.25, 0.3) is 22.3 Å². The van der Waals surface area contributed by atoms with Crippen LogP contribution in [-0.2, 0) is 9.59 Å². The smallest absolute Gasteiger partial charge is 0.412 e. The van der Waals surface area contributed by atoms with E-state index in [-0.39, 0.29) is 55.2 Å². The molecule has 58 heavy (non-hydrogen) atoms. The van der Waals surface area contributed by atoms with Crippen LogP contribution < -0.4 is 33.7 Å². The van der Waals surface area contributed by atoms with Gasteiger partial charge in [-0.3, -0.25) is 9.59 Å². The Balaban J connectivity index is 0.808. The Morgan fingerprint density at radius 2 is 1.71 bits per heavy atom. The quantitative estimate of drug-likeness (QED) is 0.180. The number of likely N-dealkylation sites (tertiary alicyclic amines) is 1. The topological polar surface area (TPSA) is 179 Å². The third-order valence-corrected chi connectivity index (χ3v) is 11.9. The third kappa shape index (κ3) is 7.31. The number of H-pyrrole nitrogens is 1. The van der Waals surface area contributed by atoms with Crippen molar-refractivity contribution in [1.82, 2.24) is 30.2 Å². The largest absolute Gasteiger partial charge is 0.493 e. The van der Waals surface area contributed by atoms with E-state index in [1.165, 1.54) is 6.33 Å².